The first-order valence-corrected chi connectivity index (χ1v) is 7.59. The summed E-state index contributed by atoms with van der Waals surface area (Å²) in [6.45, 7) is 2.00. The van der Waals surface area contributed by atoms with Crippen LogP contribution in [0.15, 0.2) is 47.4 Å². The summed E-state index contributed by atoms with van der Waals surface area (Å²) >= 11 is 0. The molecule has 2 heterocycles. The van der Waals surface area contributed by atoms with Gasteiger partial charge < -0.3 is 15.2 Å². The molecule has 1 aliphatic heterocycles. The minimum Gasteiger partial charge on any atom is -0.370 e. The maximum atomic E-state index is 12.3. The Labute approximate surface area is 129 Å². The third-order valence-corrected chi connectivity index (χ3v) is 3.91. The number of nitrogens with one attached hydrogen (secondary N) is 2. The lowest BCUT2D eigenvalue weighted by Crippen LogP contribution is -2.31. The van der Waals surface area contributed by atoms with Crippen LogP contribution >= 0.6 is 0 Å². The number of rotatable bonds is 3. The molecule has 0 unspecified atom stereocenters. The Morgan fingerprint density at radius 2 is 1.82 bits per heavy atom. The average molecular weight is 297 g/mol. The number of aromatic amines is 1. The van der Waals surface area contributed by atoms with Gasteiger partial charge in [0, 0.05) is 19.3 Å². The maximum Gasteiger partial charge on any atom is 0.261 e. The fourth-order valence-corrected chi connectivity index (χ4v) is 2.78. The van der Waals surface area contributed by atoms with Gasteiger partial charge in [-0.1, -0.05) is 12.1 Å². The topological polar surface area (TPSA) is 65.2 Å². The van der Waals surface area contributed by atoms with E-state index < -0.39 is 0 Å². The summed E-state index contributed by atoms with van der Waals surface area (Å²) in [5.74, 6) is -0.383. The van der Waals surface area contributed by atoms with Gasteiger partial charge in [0.2, 0.25) is 0 Å². The molecule has 1 saturated heterocycles. The fraction of sp³-hybridized carbons (Fsp3) is 0.294. The van der Waals surface area contributed by atoms with Crippen LogP contribution in [0, 0.1) is 0 Å². The number of para-hydroxylation sites is 2. The Hall–Kier alpha value is -2.56. The maximum absolute atomic E-state index is 12.3. The van der Waals surface area contributed by atoms with Crippen molar-refractivity contribution in [2.75, 3.05) is 23.3 Å². The molecule has 1 fully saturated rings. The molecule has 0 atom stereocenters. The first-order chi connectivity index (χ1) is 10.8. The molecule has 5 heteroatoms. The van der Waals surface area contributed by atoms with Gasteiger partial charge in [-0.05, 0) is 43.5 Å². The second kappa shape index (κ2) is 6.47. The number of hydrogen-bond acceptors (Lipinski definition) is 3. The summed E-state index contributed by atoms with van der Waals surface area (Å²) < 4.78 is 0. The number of H-pyrrole nitrogens is 1. The smallest absolute Gasteiger partial charge is 0.261 e. The molecular formula is C17H19N3O2. The van der Waals surface area contributed by atoms with E-state index in [1.807, 2.05) is 24.3 Å². The van der Waals surface area contributed by atoms with Crippen molar-refractivity contribution in [2.24, 2.45) is 0 Å². The van der Waals surface area contributed by atoms with E-state index in [0.717, 1.165) is 24.5 Å². The second-order valence-corrected chi connectivity index (χ2v) is 5.43. The molecule has 2 N–H and O–H groups in total. The Morgan fingerprint density at radius 3 is 2.59 bits per heavy atom. The van der Waals surface area contributed by atoms with E-state index in [9.17, 15) is 9.59 Å². The quantitative estimate of drug-likeness (QED) is 0.915. The number of benzene rings is 1. The zero-order chi connectivity index (χ0) is 15.4. The molecule has 22 heavy (non-hydrogen) atoms. The molecular weight excluding hydrogens is 278 g/mol. The largest absolute Gasteiger partial charge is 0.370 e. The monoisotopic (exact) mass is 297 g/mol. The van der Waals surface area contributed by atoms with E-state index in [4.69, 9.17) is 0 Å². The Bertz CT molecular complexity index is 718. The van der Waals surface area contributed by atoms with Crippen LogP contribution in [0.5, 0.6) is 0 Å². The SMILES string of the molecule is O=C(Nc1ccccc1N1CCCCC1)c1ccc[nH]c1=O. The van der Waals surface area contributed by atoms with E-state index in [-0.39, 0.29) is 17.0 Å². The molecule has 1 aromatic carbocycles. The summed E-state index contributed by atoms with van der Waals surface area (Å²) in [4.78, 5) is 28.8. The van der Waals surface area contributed by atoms with Gasteiger partial charge in [0.15, 0.2) is 0 Å². The highest BCUT2D eigenvalue weighted by Crippen LogP contribution is 2.28. The highest BCUT2D eigenvalue weighted by atomic mass is 16.2. The highest BCUT2D eigenvalue weighted by molar-refractivity contribution is 6.05. The van der Waals surface area contributed by atoms with Gasteiger partial charge in [-0.3, -0.25) is 9.59 Å². The zero-order valence-corrected chi connectivity index (χ0v) is 12.3. The van der Waals surface area contributed by atoms with Crippen LogP contribution < -0.4 is 15.8 Å². The average Bonchev–Trinajstić information content (AvgIpc) is 2.56. The number of hydrogen-bond donors (Lipinski definition) is 2. The Morgan fingerprint density at radius 1 is 1.05 bits per heavy atom. The molecule has 0 saturated carbocycles. The van der Waals surface area contributed by atoms with Gasteiger partial charge in [0.05, 0.1) is 11.4 Å². The van der Waals surface area contributed by atoms with Crippen molar-refractivity contribution >= 4 is 17.3 Å². The van der Waals surface area contributed by atoms with Crippen molar-refractivity contribution < 1.29 is 4.79 Å². The molecule has 3 rings (SSSR count). The third-order valence-electron chi connectivity index (χ3n) is 3.91. The highest BCUT2D eigenvalue weighted by Gasteiger charge is 2.16. The molecule has 114 valence electrons. The molecule has 0 spiro atoms. The standard InChI is InChI=1S/C17H19N3O2/c21-16-13(7-6-10-18-16)17(22)19-14-8-2-3-9-15(14)20-11-4-1-5-12-20/h2-3,6-10H,1,4-5,11-12H2,(H,18,21)(H,19,22). The fourth-order valence-electron chi connectivity index (χ4n) is 2.78. The van der Waals surface area contributed by atoms with Gasteiger partial charge in [-0.15, -0.1) is 0 Å². The van der Waals surface area contributed by atoms with Crippen molar-refractivity contribution in [3.8, 4) is 0 Å². The van der Waals surface area contributed by atoms with Gasteiger partial charge in [-0.25, -0.2) is 0 Å². The number of carbonyl (C=O) groups is 1. The molecule has 1 aliphatic rings. The summed E-state index contributed by atoms with van der Waals surface area (Å²) in [5, 5.41) is 2.86. The normalized spacial score (nSPS) is 14.6. The van der Waals surface area contributed by atoms with E-state index in [2.05, 4.69) is 15.2 Å². The second-order valence-electron chi connectivity index (χ2n) is 5.43. The number of amides is 1. The molecule has 2 aromatic rings. The Balaban J connectivity index is 1.85. The lowest BCUT2D eigenvalue weighted by Gasteiger charge is -2.30. The van der Waals surface area contributed by atoms with Crippen molar-refractivity contribution in [1.82, 2.24) is 4.98 Å². The lowest BCUT2D eigenvalue weighted by molar-refractivity contribution is 0.102. The molecule has 5 nitrogen and oxygen atoms in total. The van der Waals surface area contributed by atoms with E-state index in [1.165, 1.54) is 31.5 Å². The predicted molar refractivity (Wildman–Crippen MR) is 87.5 cm³/mol. The van der Waals surface area contributed by atoms with E-state index in [1.54, 1.807) is 6.07 Å². The zero-order valence-electron chi connectivity index (χ0n) is 12.3. The third kappa shape index (κ3) is 3.03. The minimum atomic E-state index is -0.383. The van der Waals surface area contributed by atoms with Crippen LogP contribution in [0.4, 0.5) is 11.4 Å². The summed E-state index contributed by atoms with van der Waals surface area (Å²) in [6, 6.07) is 10.9. The van der Waals surface area contributed by atoms with Crippen LogP contribution in [-0.2, 0) is 0 Å². The number of nitrogens with zero attached hydrogens (tertiary/aromatic N) is 1. The van der Waals surface area contributed by atoms with Crippen LogP contribution in [-0.4, -0.2) is 24.0 Å². The van der Waals surface area contributed by atoms with Gasteiger partial charge in [-0.2, -0.15) is 0 Å². The molecule has 0 radical (unpaired) electrons. The van der Waals surface area contributed by atoms with Crippen molar-refractivity contribution in [2.45, 2.75) is 19.3 Å². The molecule has 0 aliphatic carbocycles. The minimum absolute atomic E-state index is 0.121. The van der Waals surface area contributed by atoms with Crippen molar-refractivity contribution in [1.29, 1.82) is 0 Å². The predicted octanol–water partition coefficient (Wildman–Crippen LogP) is 2.62. The van der Waals surface area contributed by atoms with E-state index in [0.29, 0.717) is 0 Å². The van der Waals surface area contributed by atoms with Gasteiger partial charge in [0.25, 0.3) is 11.5 Å². The first kappa shape index (κ1) is 14.4. The van der Waals surface area contributed by atoms with E-state index >= 15 is 0 Å². The number of aromatic nitrogens is 1. The van der Waals surface area contributed by atoms with Crippen LogP contribution in [0.1, 0.15) is 29.6 Å². The van der Waals surface area contributed by atoms with Gasteiger partial charge in [0.1, 0.15) is 5.56 Å². The van der Waals surface area contributed by atoms with Crippen molar-refractivity contribution in [3.05, 3.63) is 58.5 Å². The van der Waals surface area contributed by atoms with Crippen molar-refractivity contribution in [3.63, 3.8) is 0 Å². The number of anilines is 2. The molecule has 0 bridgehead atoms. The van der Waals surface area contributed by atoms with Crippen LogP contribution in [0.3, 0.4) is 0 Å². The summed E-state index contributed by atoms with van der Waals surface area (Å²) in [5.41, 5.74) is 1.51. The lowest BCUT2D eigenvalue weighted by atomic mass is 10.1. The van der Waals surface area contributed by atoms with Crippen LogP contribution in [0.2, 0.25) is 0 Å². The summed E-state index contributed by atoms with van der Waals surface area (Å²) in [6.07, 6.45) is 5.10. The van der Waals surface area contributed by atoms with Crippen LogP contribution in [0.25, 0.3) is 0 Å². The molecule has 1 amide bonds. The summed E-state index contributed by atoms with van der Waals surface area (Å²) in [7, 11) is 0. The first-order valence-electron chi connectivity index (χ1n) is 7.59. The molecule has 1 aromatic heterocycles. The number of carbonyl (C=O) groups excluding carboxylic acids is 1. The number of piperidine rings is 1. The Kier molecular flexibility index (Phi) is 4.23. The number of pyridine rings is 1. The van der Waals surface area contributed by atoms with Gasteiger partial charge >= 0.3 is 0 Å².